The van der Waals surface area contributed by atoms with Gasteiger partial charge >= 0.3 is 0 Å². The molecule has 1 aliphatic rings. The van der Waals surface area contributed by atoms with E-state index in [0.717, 1.165) is 18.9 Å². The van der Waals surface area contributed by atoms with Gasteiger partial charge in [0.1, 0.15) is 0 Å². The van der Waals surface area contributed by atoms with Crippen LogP contribution in [0.3, 0.4) is 0 Å². The largest absolute Gasteiger partial charge is 0.378 e. The second-order valence-corrected chi connectivity index (χ2v) is 5.15. The van der Waals surface area contributed by atoms with E-state index in [-0.39, 0.29) is 0 Å². The molecule has 1 fully saturated rings. The monoisotopic (exact) mass is 227 g/mol. The lowest BCUT2D eigenvalue weighted by molar-refractivity contribution is -0.00292. The maximum atomic E-state index is 5.71. The van der Waals surface area contributed by atoms with E-state index < -0.39 is 0 Å². The first-order chi connectivity index (χ1) is 7.71. The molecule has 1 saturated heterocycles. The molecule has 0 amide bonds. The minimum Gasteiger partial charge on any atom is -0.378 e. The molecule has 0 aromatic rings. The molecule has 0 aliphatic carbocycles. The van der Waals surface area contributed by atoms with Crippen molar-refractivity contribution in [3.05, 3.63) is 0 Å². The summed E-state index contributed by atoms with van der Waals surface area (Å²) in [6, 6.07) is 1.32. The SMILES string of the molecule is CCC1CC(NC(C)C(CC)CC)CCO1. The highest BCUT2D eigenvalue weighted by Gasteiger charge is 2.24. The van der Waals surface area contributed by atoms with Crippen molar-refractivity contribution in [3.8, 4) is 0 Å². The van der Waals surface area contributed by atoms with Crippen molar-refractivity contribution in [2.24, 2.45) is 5.92 Å². The zero-order chi connectivity index (χ0) is 12.0. The number of nitrogens with one attached hydrogen (secondary N) is 1. The van der Waals surface area contributed by atoms with Gasteiger partial charge in [-0.1, -0.05) is 33.6 Å². The third kappa shape index (κ3) is 4.06. The van der Waals surface area contributed by atoms with E-state index in [2.05, 4.69) is 33.0 Å². The molecule has 1 heterocycles. The molecule has 0 radical (unpaired) electrons. The lowest BCUT2D eigenvalue weighted by Gasteiger charge is -2.34. The summed E-state index contributed by atoms with van der Waals surface area (Å²) in [5.74, 6) is 0.822. The summed E-state index contributed by atoms with van der Waals surface area (Å²) in [7, 11) is 0. The van der Waals surface area contributed by atoms with Crippen molar-refractivity contribution in [1.82, 2.24) is 5.32 Å². The Morgan fingerprint density at radius 1 is 1.25 bits per heavy atom. The van der Waals surface area contributed by atoms with Crippen LogP contribution in [-0.2, 0) is 4.74 Å². The van der Waals surface area contributed by atoms with Gasteiger partial charge in [0.2, 0.25) is 0 Å². The third-order valence-corrected chi connectivity index (χ3v) is 4.08. The molecule has 1 N–H and O–H groups in total. The highest BCUT2D eigenvalue weighted by molar-refractivity contribution is 4.81. The standard InChI is InChI=1S/C14H29NO/c1-5-12(6-2)11(4)15-13-8-9-16-14(7-3)10-13/h11-15H,5-10H2,1-4H3. The van der Waals surface area contributed by atoms with E-state index in [9.17, 15) is 0 Å². The zero-order valence-corrected chi connectivity index (χ0v) is 11.5. The molecule has 96 valence electrons. The van der Waals surface area contributed by atoms with Gasteiger partial charge in [-0.2, -0.15) is 0 Å². The smallest absolute Gasteiger partial charge is 0.0587 e. The summed E-state index contributed by atoms with van der Waals surface area (Å²) in [6.07, 6.45) is 6.58. The van der Waals surface area contributed by atoms with Crippen molar-refractivity contribution in [2.45, 2.75) is 78.0 Å². The number of rotatable bonds is 6. The molecular formula is C14H29NO. The highest BCUT2D eigenvalue weighted by Crippen LogP contribution is 2.19. The van der Waals surface area contributed by atoms with Crippen molar-refractivity contribution in [1.29, 1.82) is 0 Å². The molecule has 2 heteroatoms. The van der Waals surface area contributed by atoms with Gasteiger partial charge in [0.15, 0.2) is 0 Å². The number of hydrogen-bond acceptors (Lipinski definition) is 2. The maximum absolute atomic E-state index is 5.71. The Labute approximate surface area is 101 Å². The van der Waals surface area contributed by atoms with Crippen molar-refractivity contribution in [2.75, 3.05) is 6.61 Å². The van der Waals surface area contributed by atoms with Crippen LogP contribution in [0.5, 0.6) is 0 Å². The normalized spacial score (nSPS) is 28.3. The van der Waals surface area contributed by atoms with Gasteiger partial charge in [-0.15, -0.1) is 0 Å². The molecule has 0 saturated carbocycles. The molecule has 0 spiro atoms. The fourth-order valence-corrected chi connectivity index (χ4v) is 2.82. The lowest BCUT2D eigenvalue weighted by atomic mass is 9.93. The van der Waals surface area contributed by atoms with Crippen molar-refractivity contribution >= 4 is 0 Å². The van der Waals surface area contributed by atoms with Crippen LogP contribution in [0.25, 0.3) is 0 Å². The molecule has 3 atom stereocenters. The Hall–Kier alpha value is -0.0800. The summed E-state index contributed by atoms with van der Waals surface area (Å²) >= 11 is 0. The summed E-state index contributed by atoms with van der Waals surface area (Å²) in [4.78, 5) is 0. The van der Waals surface area contributed by atoms with Crippen LogP contribution in [-0.4, -0.2) is 24.8 Å². The van der Waals surface area contributed by atoms with Gasteiger partial charge in [0, 0.05) is 18.7 Å². The molecule has 1 aliphatic heterocycles. The molecule has 3 unspecified atom stereocenters. The van der Waals surface area contributed by atoms with Gasteiger partial charge in [-0.05, 0) is 32.1 Å². The van der Waals surface area contributed by atoms with Crippen LogP contribution in [0.15, 0.2) is 0 Å². The molecule has 2 nitrogen and oxygen atoms in total. The van der Waals surface area contributed by atoms with E-state index >= 15 is 0 Å². The Kier molecular flexibility index (Phi) is 6.37. The summed E-state index contributed by atoms with van der Waals surface area (Å²) < 4.78 is 5.71. The molecule has 1 rings (SSSR count). The van der Waals surface area contributed by atoms with Gasteiger partial charge < -0.3 is 10.1 Å². The second kappa shape index (κ2) is 7.29. The first-order valence-corrected chi connectivity index (χ1v) is 7.08. The van der Waals surface area contributed by atoms with Gasteiger partial charge in [-0.25, -0.2) is 0 Å². The Morgan fingerprint density at radius 2 is 1.94 bits per heavy atom. The fourth-order valence-electron chi connectivity index (χ4n) is 2.82. The maximum Gasteiger partial charge on any atom is 0.0587 e. The van der Waals surface area contributed by atoms with Crippen LogP contribution in [0.1, 0.15) is 59.8 Å². The minimum absolute atomic E-state index is 0.486. The zero-order valence-electron chi connectivity index (χ0n) is 11.5. The first kappa shape index (κ1) is 14.0. The predicted octanol–water partition coefficient (Wildman–Crippen LogP) is 3.36. The van der Waals surface area contributed by atoms with E-state index in [1.54, 1.807) is 0 Å². The molecule has 0 aromatic heterocycles. The fraction of sp³-hybridized carbons (Fsp3) is 1.00. The summed E-state index contributed by atoms with van der Waals surface area (Å²) in [6.45, 7) is 10.1. The Morgan fingerprint density at radius 3 is 2.50 bits per heavy atom. The topological polar surface area (TPSA) is 21.3 Å². The van der Waals surface area contributed by atoms with Crippen LogP contribution in [0.4, 0.5) is 0 Å². The van der Waals surface area contributed by atoms with E-state index in [0.29, 0.717) is 18.2 Å². The molecule has 16 heavy (non-hydrogen) atoms. The first-order valence-electron chi connectivity index (χ1n) is 7.08. The lowest BCUT2D eigenvalue weighted by Crippen LogP contribution is -2.45. The van der Waals surface area contributed by atoms with E-state index in [1.807, 2.05) is 0 Å². The minimum atomic E-state index is 0.486. The highest BCUT2D eigenvalue weighted by atomic mass is 16.5. The second-order valence-electron chi connectivity index (χ2n) is 5.15. The third-order valence-electron chi connectivity index (χ3n) is 4.08. The van der Waals surface area contributed by atoms with Crippen LogP contribution in [0, 0.1) is 5.92 Å². The quantitative estimate of drug-likeness (QED) is 0.751. The van der Waals surface area contributed by atoms with Crippen LogP contribution in [0.2, 0.25) is 0 Å². The van der Waals surface area contributed by atoms with Gasteiger partial charge in [0.25, 0.3) is 0 Å². The number of hydrogen-bond donors (Lipinski definition) is 1. The van der Waals surface area contributed by atoms with Crippen molar-refractivity contribution in [3.63, 3.8) is 0 Å². The number of ether oxygens (including phenoxy) is 1. The summed E-state index contributed by atoms with van der Waals surface area (Å²) in [5, 5.41) is 3.81. The molecule has 0 bridgehead atoms. The predicted molar refractivity (Wildman–Crippen MR) is 69.7 cm³/mol. The van der Waals surface area contributed by atoms with Gasteiger partial charge in [0.05, 0.1) is 6.10 Å². The Bertz CT molecular complexity index is 180. The average molecular weight is 227 g/mol. The van der Waals surface area contributed by atoms with Crippen molar-refractivity contribution < 1.29 is 4.74 Å². The average Bonchev–Trinajstić information content (AvgIpc) is 2.31. The van der Waals surface area contributed by atoms with Crippen LogP contribution >= 0.6 is 0 Å². The summed E-state index contributed by atoms with van der Waals surface area (Å²) in [5.41, 5.74) is 0. The Balaban J connectivity index is 2.34. The molecule has 0 aromatic carbocycles. The molecular weight excluding hydrogens is 198 g/mol. The van der Waals surface area contributed by atoms with E-state index in [1.165, 1.54) is 25.7 Å². The van der Waals surface area contributed by atoms with Crippen LogP contribution < -0.4 is 5.32 Å². The van der Waals surface area contributed by atoms with E-state index in [4.69, 9.17) is 4.74 Å². The van der Waals surface area contributed by atoms with Gasteiger partial charge in [-0.3, -0.25) is 0 Å².